The minimum Gasteiger partial charge on any atom is -0.364 e. The van der Waals surface area contributed by atoms with Crippen molar-refractivity contribution in [2.75, 3.05) is 0 Å². The molecule has 0 rings (SSSR count). The maximum atomic E-state index is 10.1. The van der Waals surface area contributed by atoms with Crippen LogP contribution in [0.4, 0.5) is 0 Å². The monoisotopic (exact) mass is 159 g/mol. The van der Waals surface area contributed by atoms with Crippen LogP contribution in [0.25, 0.3) is 0 Å². The Labute approximate surface area is 62.7 Å². The molecule has 54 valence electrons. The third kappa shape index (κ3) is 3.80. The lowest BCUT2D eigenvalue weighted by molar-refractivity contribution is -0.111. The fraction of sp³-hybridized carbons (Fsp3) is 0. The summed E-state index contributed by atoms with van der Waals surface area (Å²) in [5, 5.41) is 13.2. The molecule has 1 amide bonds. The van der Waals surface area contributed by atoms with Gasteiger partial charge in [-0.05, 0) is 12.2 Å². The molecule has 0 fully saturated rings. The van der Waals surface area contributed by atoms with E-state index in [9.17, 15) is 4.79 Å². The summed E-state index contributed by atoms with van der Waals surface area (Å²) in [7, 11) is 0. The highest BCUT2D eigenvalue weighted by Crippen LogP contribution is 1.83. The summed E-state index contributed by atoms with van der Waals surface area (Å²) in [6.45, 7) is 0. The molecular formula is C5H6ClN3O. The van der Waals surface area contributed by atoms with Crippen LogP contribution in [0.1, 0.15) is 0 Å². The van der Waals surface area contributed by atoms with Crippen LogP contribution in [0.5, 0.6) is 0 Å². The first-order valence-corrected chi connectivity index (χ1v) is 2.72. The molecule has 0 radical (unpaired) electrons. The van der Waals surface area contributed by atoms with Gasteiger partial charge in [0.05, 0.1) is 0 Å². The number of carbonyl (C=O) groups is 1. The second kappa shape index (κ2) is 3.79. The number of rotatable bonds is 3. The highest BCUT2D eigenvalue weighted by molar-refractivity contribution is 6.67. The molecule has 0 aromatic rings. The minimum absolute atomic E-state index is 0.244. The van der Waals surface area contributed by atoms with Gasteiger partial charge in [-0.25, -0.2) is 0 Å². The zero-order chi connectivity index (χ0) is 8.15. The van der Waals surface area contributed by atoms with Gasteiger partial charge in [0.15, 0.2) is 0 Å². The van der Waals surface area contributed by atoms with Crippen LogP contribution < -0.4 is 5.73 Å². The van der Waals surface area contributed by atoms with Gasteiger partial charge in [0.25, 0.3) is 5.91 Å². The average molecular weight is 160 g/mol. The average Bonchev–Trinajstić information content (AvgIpc) is 1.82. The first-order valence-electron chi connectivity index (χ1n) is 2.34. The Morgan fingerprint density at radius 2 is 1.90 bits per heavy atom. The van der Waals surface area contributed by atoms with Crippen molar-refractivity contribution in [1.82, 2.24) is 0 Å². The topological polar surface area (TPSA) is 90.8 Å². The third-order valence-corrected chi connectivity index (χ3v) is 0.788. The van der Waals surface area contributed by atoms with Crippen LogP contribution in [0, 0.1) is 10.8 Å². The zero-order valence-electron chi connectivity index (χ0n) is 5.02. The maximum Gasteiger partial charge on any atom is 0.266 e. The Bertz CT molecular complexity index is 209. The molecular weight excluding hydrogens is 154 g/mol. The van der Waals surface area contributed by atoms with E-state index in [0.29, 0.717) is 0 Å². The van der Waals surface area contributed by atoms with Crippen LogP contribution in [0.2, 0.25) is 0 Å². The third-order valence-electron chi connectivity index (χ3n) is 0.662. The Balaban J connectivity index is 4.03. The van der Waals surface area contributed by atoms with Crippen molar-refractivity contribution < 1.29 is 4.79 Å². The van der Waals surface area contributed by atoms with Crippen LogP contribution in [-0.2, 0) is 4.79 Å². The summed E-state index contributed by atoms with van der Waals surface area (Å²) in [4.78, 5) is 10.1. The van der Waals surface area contributed by atoms with E-state index in [-0.39, 0.29) is 10.9 Å². The van der Waals surface area contributed by atoms with E-state index in [0.717, 1.165) is 12.2 Å². The highest BCUT2D eigenvalue weighted by Gasteiger charge is 1.96. The van der Waals surface area contributed by atoms with Gasteiger partial charge in [0.2, 0.25) is 0 Å². The quantitative estimate of drug-likeness (QED) is 0.507. The van der Waals surface area contributed by atoms with Crippen molar-refractivity contribution in [3.05, 3.63) is 12.2 Å². The van der Waals surface area contributed by atoms with E-state index in [2.05, 4.69) is 0 Å². The highest BCUT2D eigenvalue weighted by atomic mass is 35.5. The fourth-order valence-corrected chi connectivity index (χ4v) is 0.302. The number of amides is 1. The number of nitrogens with two attached hydrogens (primary N) is 1. The summed E-state index contributed by atoms with van der Waals surface area (Å²) < 4.78 is 0. The molecule has 0 aliphatic rings. The van der Waals surface area contributed by atoms with Gasteiger partial charge >= 0.3 is 0 Å². The number of primary amides is 1. The molecule has 0 saturated heterocycles. The van der Waals surface area contributed by atoms with Crippen LogP contribution in [0.15, 0.2) is 12.2 Å². The van der Waals surface area contributed by atoms with E-state index in [1.165, 1.54) is 0 Å². The molecule has 4 nitrogen and oxygen atoms in total. The van der Waals surface area contributed by atoms with Crippen molar-refractivity contribution in [3.8, 4) is 0 Å². The van der Waals surface area contributed by atoms with Gasteiger partial charge in [0, 0.05) is 0 Å². The van der Waals surface area contributed by atoms with Crippen molar-refractivity contribution in [1.29, 1.82) is 10.8 Å². The van der Waals surface area contributed by atoms with Crippen molar-refractivity contribution in [2.45, 2.75) is 0 Å². The first-order chi connectivity index (χ1) is 4.54. The number of allylic oxidation sites excluding steroid dienone is 1. The lowest BCUT2D eigenvalue weighted by Crippen LogP contribution is -2.20. The van der Waals surface area contributed by atoms with Crippen LogP contribution >= 0.6 is 11.6 Å². The Hall–Kier alpha value is -1.16. The van der Waals surface area contributed by atoms with E-state index < -0.39 is 5.91 Å². The lowest BCUT2D eigenvalue weighted by atomic mass is 10.3. The van der Waals surface area contributed by atoms with Gasteiger partial charge < -0.3 is 5.73 Å². The molecule has 10 heavy (non-hydrogen) atoms. The molecule has 0 aliphatic heterocycles. The number of hydrogen-bond donors (Lipinski definition) is 3. The smallest absolute Gasteiger partial charge is 0.266 e. The normalized spacial score (nSPS) is 9.70. The van der Waals surface area contributed by atoms with Gasteiger partial charge in [-0.3, -0.25) is 15.6 Å². The SMILES string of the molecule is N=C(Cl)/C=C\C(=N)C(N)=O. The predicted molar refractivity (Wildman–Crippen MR) is 39.6 cm³/mol. The molecule has 5 heteroatoms. The minimum atomic E-state index is -0.839. The van der Waals surface area contributed by atoms with E-state index in [1.54, 1.807) is 0 Å². The van der Waals surface area contributed by atoms with Crippen LogP contribution in [0.3, 0.4) is 0 Å². The molecule has 0 aliphatic carbocycles. The van der Waals surface area contributed by atoms with E-state index in [1.807, 2.05) is 0 Å². The van der Waals surface area contributed by atoms with E-state index >= 15 is 0 Å². The fourth-order valence-electron chi connectivity index (χ4n) is 0.239. The van der Waals surface area contributed by atoms with E-state index in [4.69, 9.17) is 28.2 Å². The maximum absolute atomic E-state index is 10.1. The molecule has 4 N–H and O–H groups in total. The number of hydrogen-bond acceptors (Lipinski definition) is 3. The largest absolute Gasteiger partial charge is 0.364 e. The molecule has 0 heterocycles. The molecule has 0 atom stereocenters. The summed E-state index contributed by atoms with van der Waals surface area (Å²) >= 11 is 5.07. The lowest BCUT2D eigenvalue weighted by Gasteiger charge is -1.86. The Morgan fingerprint density at radius 3 is 2.20 bits per heavy atom. The molecule has 0 aromatic carbocycles. The van der Waals surface area contributed by atoms with Crippen LogP contribution in [-0.4, -0.2) is 16.8 Å². The Kier molecular flexibility index (Phi) is 3.35. The number of halogens is 1. The predicted octanol–water partition coefficient (Wildman–Crippen LogP) is 0.264. The first kappa shape index (κ1) is 8.84. The molecule has 0 unspecified atom stereocenters. The molecule has 0 saturated carbocycles. The summed E-state index contributed by atoms with van der Waals surface area (Å²) in [5.74, 6) is -0.839. The molecule has 0 aromatic heterocycles. The number of carbonyl (C=O) groups excluding carboxylic acids is 1. The molecule has 0 spiro atoms. The molecule has 0 bridgehead atoms. The second-order valence-corrected chi connectivity index (χ2v) is 1.87. The van der Waals surface area contributed by atoms with Gasteiger partial charge in [-0.1, -0.05) is 11.6 Å². The summed E-state index contributed by atoms with van der Waals surface area (Å²) in [6, 6.07) is 0. The van der Waals surface area contributed by atoms with Crippen molar-refractivity contribution >= 4 is 28.4 Å². The second-order valence-electron chi connectivity index (χ2n) is 1.46. The van der Waals surface area contributed by atoms with Gasteiger partial charge in [-0.2, -0.15) is 0 Å². The number of nitrogens with one attached hydrogen (secondary N) is 2. The standard InChI is InChI=1S/C5H6ClN3O/c6-4(8)2-1-3(7)5(9)10/h1-2,7-8H,(H2,9,10)/b2-1-,7-3?,8-4?. The Morgan fingerprint density at radius 1 is 1.40 bits per heavy atom. The van der Waals surface area contributed by atoms with Crippen molar-refractivity contribution in [3.63, 3.8) is 0 Å². The summed E-state index contributed by atoms with van der Waals surface area (Å²) in [5.41, 5.74) is 4.32. The summed E-state index contributed by atoms with van der Waals surface area (Å²) in [6.07, 6.45) is 2.17. The van der Waals surface area contributed by atoms with Crippen molar-refractivity contribution in [2.24, 2.45) is 5.73 Å². The van der Waals surface area contributed by atoms with Gasteiger partial charge in [-0.15, -0.1) is 0 Å². The van der Waals surface area contributed by atoms with Gasteiger partial charge in [0.1, 0.15) is 10.9 Å². The zero-order valence-corrected chi connectivity index (χ0v) is 5.77.